The van der Waals surface area contributed by atoms with E-state index >= 15 is 0 Å². The van der Waals surface area contributed by atoms with Gasteiger partial charge in [0.15, 0.2) is 0 Å². The smallest absolute Gasteiger partial charge is 0.408 e. The Morgan fingerprint density at radius 2 is 1.85 bits per heavy atom. The quantitative estimate of drug-likeness (QED) is 0.627. The predicted molar refractivity (Wildman–Crippen MR) is 107 cm³/mol. The topological polar surface area (TPSA) is 68.5 Å². The molecule has 0 fully saturated rings. The highest BCUT2D eigenvalue weighted by atomic mass is 79.9. The standard InChI is InChI=1S/C21H26BrNO4/c1-14(17(24)12-9-15-7-10-16(22)11-8-15)19(18-6-5-13-26-18)23-20(25)27-21(2,3)4/h5-8,10-11,13-14,19H,9,12H2,1-4H3,(H,23,25)/t14-,19-/m0/s1. The second kappa shape index (κ2) is 9.22. The number of hydrogen-bond acceptors (Lipinski definition) is 4. The molecule has 1 amide bonds. The summed E-state index contributed by atoms with van der Waals surface area (Å²) in [7, 11) is 0. The zero-order valence-electron chi connectivity index (χ0n) is 16.1. The van der Waals surface area contributed by atoms with Gasteiger partial charge in [0.2, 0.25) is 0 Å². The van der Waals surface area contributed by atoms with Crippen molar-refractivity contribution in [2.24, 2.45) is 5.92 Å². The number of amides is 1. The van der Waals surface area contributed by atoms with Crippen molar-refractivity contribution in [3.63, 3.8) is 0 Å². The Balaban J connectivity index is 2.04. The third-order valence-electron chi connectivity index (χ3n) is 4.10. The molecule has 2 rings (SSSR count). The van der Waals surface area contributed by atoms with Gasteiger partial charge in [-0.15, -0.1) is 0 Å². The number of hydrogen-bond donors (Lipinski definition) is 1. The van der Waals surface area contributed by atoms with Crippen LogP contribution in [0.15, 0.2) is 51.6 Å². The van der Waals surface area contributed by atoms with E-state index in [0.717, 1.165) is 10.0 Å². The van der Waals surface area contributed by atoms with Crippen molar-refractivity contribution in [1.29, 1.82) is 0 Å². The van der Waals surface area contributed by atoms with E-state index in [4.69, 9.17) is 9.15 Å². The molecule has 0 aliphatic carbocycles. The minimum Gasteiger partial charge on any atom is -0.467 e. The van der Waals surface area contributed by atoms with Gasteiger partial charge in [-0.1, -0.05) is 35.0 Å². The SMILES string of the molecule is C[C@@H](C(=O)CCc1ccc(Br)cc1)[C@H](NC(=O)OC(C)(C)C)c1ccco1. The van der Waals surface area contributed by atoms with E-state index in [9.17, 15) is 9.59 Å². The fourth-order valence-electron chi connectivity index (χ4n) is 2.68. The molecule has 1 aromatic carbocycles. The number of benzene rings is 1. The van der Waals surface area contributed by atoms with Crippen LogP contribution in [0.5, 0.6) is 0 Å². The van der Waals surface area contributed by atoms with Crippen molar-refractivity contribution in [1.82, 2.24) is 5.32 Å². The second-order valence-electron chi connectivity index (χ2n) is 7.52. The molecule has 0 aliphatic heterocycles. The van der Waals surface area contributed by atoms with Crippen LogP contribution < -0.4 is 5.32 Å². The van der Waals surface area contributed by atoms with Crippen LogP contribution in [0, 0.1) is 5.92 Å². The maximum Gasteiger partial charge on any atom is 0.408 e. The molecule has 146 valence electrons. The fourth-order valence-corrected chi connectivity index (χ4v) is 2.94. The lowest BCUT2D eigenvalue weighted by molar-refractivity contribution is -0.123. The fraction of sp³-hybridized carbons (Fsp3) is 0.429. The average Bonchev–Trinajstić information content (AvgIpc) is 3.11. The summed E-state index contributed by atoms with van der Waals surface area (Å²) in [5, 5.41) is 2.78. The number of ketones is 1. The van der Waals surface area contributed by atoms with E-state index in [2.05, 4.69) is 21.2 Å². The van der Waals surface area contributed by atoms with Crippen molar-refractivity contribution in [2.75, 3.05) is 0 Å². The monoisotopic (exact) mass is 435 g/mol. The predicted octanol–water partition coefficient (Wildman–Crippen LogP) is 5.45. The average molecular weight is 436 g/mol. The zero-order valence-corrected chi connectivity index (χ0v) is 17.7. The lowest BCUT2D eigenvalue weighted by Crippen LogP contribution is -2.39. The molecule has 6 heteroatoms. The van der Waals surface area contributed by atoms with Crippen LogP contribution in [0.3, 0.4) is 0 Å². The third-order valence-corrected chi connectivity index (χ3v) is 4.63. The van der Waals surface area contributed by atoms with Gasteiger partial charge in [-0.25, -0.2) is 4.79 Å². The van der Waals surface area contributed by atoms with E-state index in [1.165, 1.54) is 6.26 Å². The van der Waals surface area contributed by atoms with Gasteiger partial charge in [-0.3, -0.25) is 4.79 Å². The Kier molecular flexibility index (Phi) is 7.25. The molecule has 2 aromatic rings. The lowest BCUT2D eigenvalue weighted by atomic mass is 9.91. The molecule has 2 atom stereocenters. The second-order valence-corrected chi connectivity index (χ2v) is 8.44. The summed E-state index contributed by atoms with van der Waals surface area (Å²) in [6.45, 7) is 7.18. The van der Waals surface area contributed by atoms with Crippen LogP contribution in [0.2, 0.25) is 0 Å². The molecule has 1 aromatic heterocycles. The summed E-state index contributed by atoms with van der Waals surface area (Å²) in [5.74, 6) is 0.139. The molecule has 0 bridgehead atoms. The number of Topliss-reactive ketones (excluding diaryl/α,β-unsaturated/α-hetero) is 1. The molecule has 5 nitrogen and oxygen atoms in total. The van der Waals surface area contributed by atoms with Gasteiger partial charge in [0.1, 0.15) is 17.1 Å². The summed E-state index contributed by atoms with van der Waals surface area (Å²) in [6, 6.07) is 10.8. The van der Waals surface area contributed by atoms with E-state index < -0.39 is 23.7 Å². The van der Waals surface area contributed by atoms with Gasteiger partial charge in [0.05, 0.1) is 12.3 Å². The number of alkyl carbamates (subject to hydrolysis) is 1. The van der Waals surface area contributed by atoms with E-state index in [1.807, 2.05) is 24.3 Å². The van der Waals surface area contributed by atoms with Crippen LogP contribution in [0.4, 0.5) is 4.79 Å². The Morgan fingerprint density at radius 3 is 2.41 bits per heavy atom. The molecule has 0 unspecified atom stereocenters. The molecule has 27 heavy (non-hydrogen) atoms. The minimum atomic E-state index is -0.618. The Hall–Kier alpha value is -2.08. The first-order valence-corrected chi connectivity index (χ1v) is 9.75. The van der Waals surface area contributed by atoms with Gasteiger partial charge < -0.3 is 14.5 Å². The zero-order chi connectivity index (χ0) is 20.0. The van der Waals surface area contributed by atoms with Crippen molar-refractivity contribution >= 4 is 27.8 Å². The number of aryl methyl sites for hydroxylation is 1. The van der Waals surface area contributed by atoms with E-state index in [0.29, 0.717) is 18.6 Å². The minimum absolute atomic E-state index is 0.0513. The number of nitrogens with one attached hydrogen (secondary N) is 1. The maximum absolute atomic E-state index is 12.7. The highest BCUT2D eigenvalue weighted by Gasteiger charge is 2.30. The molecule has 0 radical (unpaired) electrons. The molecule has 0 spiro atoms. The van der Waals surface area contributed by atoms with Crippen molar-refractivity contribution in [3.05, 3.63) is 58.5 Å². The Bertz CT molecular complexity index is 747. The molecule has 1 N–H and O–H groups in total. The Morgan fingerprint density at radius 1 is 1.19 bits per heavy atom. The van der Waals surface area contributed by atoms with Crippen LogP contribution >= 0.6 is 15.9 Å². The van der Waals surface area contributed by atoms with Gasteiger partial charge in [0, 0.05) is 16.8 Å². The maximum atomic E-state index is 12.7. The number of furan rings is 1. The summed E-state index contributed by atoms with van der Waals surface area (Å²) in [4.78, 5) is 25.0. The molecule has 0 aliphatic rings. The summed E-state index contributed by atoms with van der Waals surface area (Å²) >= 11 is 3.40. The van der Waals surface area contributed by atoms with E-state index in [1.54, 1.807) is 39.8 Å². The summed E-state index contributed by atoms with van der Waals surface area (Å²) in [5.41, 5.74) is 0.473. The van der Waals surface area contributed by atoms with Gasteiger partial charge in [0.25, 0.3) is 0 Å². The van der Waals surface area contributed by atoms with Crippen LogP contribution in [-0.4, -0.2) is 17.5 Å². The van der Waals surface area contributed by atoms with Crippen molar-refractivity contribution < 1.29 is 18.7 Å². The van der Waals surface area contributed by atoms with Crippen molar-refractivity contribution in [3.8, 4) is 0 Å². The number of rotatable bonds is 7. The van der Waals surface area contributed by atoms with Crippen LogP contribution in [0.1, 0.15) is 51.5 Å². The first kappa shape index (κ1) is 21.2. The lowest BCUT2D eigenvalue weighted by Gasteiger charge is -2.25. The molecule has 0 saturated carbocycles. The van der Waals surface area contributed by atoms with Gasteiger partial charge in [-0.05, 0) is 57.0 Å². The highest BCUT2D eigenvalue weighted by molar-refractivity contribution is 9.10. The van der Waals surface area contributed by atoms with Crippen LogP contribution in [0.25, 0.3) is 0 Å². The van der Waals surface area contributed by atoms with Gasteiger partial charge in [-0.2, -0.15) is 0 Å². The summed E-state index contributed by atoms with van der Waals surface area (Å²) in [6.07, 6.45) is 1.98. The third kappa shape index (κ3) is 6.86. The van der Waals surface area contributed by atoms with Gasteiger partial charge >= 0.3 is 6.09 Å². The largest absolute Gasteiger partial charge is 0.467 e. The van der Waals surface area contributed by atoms with E-state index in [-0.39, 0.29) is 5.78 Å². The number of ether oxygens (including phenoxy) is 1. The molecular weight excluding hydrogens is 410 g/mol. The number of halogens is 1. The first-order valence-electron chi connectivity index (χ1n) is 8.96. The Labute approximate surface area is 168 Å². The first-order chi connectivity index (χ1) is 12.7. The van der Waals surface area contributed by atoms with Crippen molar-refractivity contribution in [2.45, 2.75) is 52.2 Å². The molecule has 1 heterocycles. The number of carbonyl (C=O) groups is 2. The normalized spacial score (nSPS) is 13.7. The molecular formula is C21H26BrNO4. The highest BCUT2D eigenvalue weighted by Crippen LogP contribution is 2.25. The molecule has 0 saturated heterocycles. The summed E-state index contributed by atoms with van der Waals surface area (Å²) < 4.78 is 11.8. The van der Waals surface area contributed by atoms with Crippen LogP contribution in [-0.2, 0) is 16.0 Å². The number of carbonyl (C=O) groups excluding carboxylic acids is 2.